The van der Waals surface area contributed by atoms with E-state index in [1.165, 1.54) is 22.9 Å². The first-order valence-electron chi connectivity index (χ1n) is 6.83. The number of benzene rings is 1. The van der Waals surface area contributed by atoms with Crippen molar-refractivity contribution in [3.8, 4) is 5.75 Å². The summed E-state index contributed by atoms with van der Waals surface area (Å²) in [5, 5.41) is 3.56. The van der Waals surface area contributed by atoms with Gasteiger partial charge < -0.3 is 10.1 Å². The van der Waals surface area contributed by atoms with Gasteiger partial charge in [0.2, 0.25) is 0 Å². The van der Waals surface area contributed by atoms with E-state index in [0.29, 0.717) is 0 Å². The van der Waals surface area contributed by atoms with E-state index in [1.54, 1.807) is 7.11 Å². The summed E-state index contributed by atoms with van der Waals surface area (Å²) < 4.78 is 13.9. The van der Waals surface area contributed by atoms with Gasteiger partial charge in [0.1, 0.15) is 5.75 Å². The van der Waals surface area contributed by atoms with Crippen molar-refractivity contribution >= 4 is 11.7 Å². The number of aromatic nitrogens is 2. The summed E-state index contributed by atoms with van der Waals surface area (Å²) in [5.74, 6) is 0.928. The minimum atomic E-state index is 0.0957. The Hall–Kier alpha value is -1.46. The number of nitrogens with zero attached hydrogens (tertiary/aromatic N) is 2. The van der Waals surface area contributed by atoms with E-state index in [0.717, 1.165) is 30.0 Å². The molecule has 1 aromatic heterocycles. The van der Waals surface area contributed by atoms with Crippen molar-refractivity contribution in [2.24, 2.45) is 0 Å². The SMILES string of the molecule is CCCNC(c1cnsn1)c1cc(C)c(OC)cc1C. The Kier molecular flexibility index (Phi) is 5.09. The van der Waals surface area contributed by atoms with Gasteiger partial charge in [0.15, 0.2) is 0 Å². The average molecular weight is 291 g/mol. The van der Waals surface area contributed by atoms with Crippen LogP contribution in [0.1, 0.15) is 41.8 Å². The number of hydrogen-bond donors (Lipinski definition) is 1. The van der Waals surface area contributed by atoms with Gasteiger partial charge >= 0.3 is 0 Å². The highest BCUT2D eigenvalue weighted by atomic mass is 32.1. The highest BCUT2D eigenvalue weighted by Gasteiger charge is 2.19. The molecule has 0 bridgehead atoms. The van der Waals surface area contributed by atoms with E-state index in [9.17, 15) is 0 Å². The van der Waals surface area contributed by atoms with Crippen molar-refractivity contribution in [1.29, 1.82) is 0 Å². The second-order valence-corrected chi connectivity index (χ2v) is 5.45. The first-order valence-corrected chi connectivity index (χ1v) is 7.56. The van der Waals surface area contributed by atoms with Crippen LogP contribution in [0.15, 0.2) is 18.3 Å². The average Bonchev–Trinajstić information content (AvgIpc) is 2.96. The van der Waals surface area contributed by atoms with Crippen LogP contribution in [0.2, 0.25) is 0 Å². The molecular weight excluding hydrogens is 270 g/mol. The zero-order valence-electron chi connectivity index (χ0n) is 12.4. The summed E-state index contributed by atoms with van der Waals surface area (Å²) >= 11 is 1.25. The molecule has 0 radical (unpaired) electrons. The molecule has 4 nitrogen and oxygen atoms in total. The van der Waals surface area contributed by atoms with Crippen molar-refractivity contribution in [1.82, 2.24) is 14.1 Å². The van der Waals surface area contributed by atoms with Gasteiger partial charge in [-0.3, -0.25) is 0 Å². The summed E-state index contributed by atoms with van der Waals surface area (Å²) in [4.78, 5) is 0. The smallest absolute Gasteiger partial charge is 0.122 e. The Morgan fingerprint density at radius 1 is 1.30 bits per heavy atom. The molecule has 5 heteroatoms. The Morgan fingerprint density at radius 2 is 2.10 bits per heavy atom. The molecule has 0 aliphatic carbocycles. The van der Waals surface area contributed by atoms with Crippen LogP contribution in [0.25, 0.3) is 0 Å². The lowest BCUT2D eigenvalue weighted by Gasteiger charge is -2.20. The van der Waals surface area contributed by atoms with Gasteiger partial charge in [-0.15, -0.1) is 0 Å². The second kappa shape index (κ2) is 6.81. The molecule has 20 heavy (non-hydrogen) atoms. The van der Waals surface area contributed by atoms with Crippen molar-refractivity contribution in [2.45, 2.75) is 33.2 Å². The third-order valence-electron chi connectivity index (χ3n) is 3.37. The number of nitrogens with one attached hydrogen (secondary N) is 1. The molecule has 1 unspecified atom stereocenters. The van der Waals surface area contributed by atoms with Gasteiger partial charge in [-0.1, -0.05) is 13.0 Å². The predicted octanol–water partition coefficient (Wildman–Crippen LogP) is 3.25. The van der Waals surface area contributed by atoms with E-state index in [1.807, 2.05) is 6.20 Å². The Balaban J connectivity index is 2.40. The Morgan fingerprint density at radius 3 is 2.70 bits per heavy atom. The molecule has 0 saturated heterocycles. The lowest BCUT2D eigenvalue weighted by molar-refractivity contribution is 0.411. The monoisotopic (exact) mass is 291 g/mol. The third kappa shape index (κ3) is 3.16. The molecule has 1 atom stereocenters. The normalized spacial score (nSPS) is 12.4. The van der Waals surface area contributed by atoms with E-state index < -0.39 is 0 Å². The fourth-order valence-electron chi connectivity index (χ4n) is 2.30. The zero-order chi connectivity index (χ0) is 14.5. The summed E-state index contributed by atoms with van der Waals surface area (Å²) in [6, 6.07) is 4.37. The van der Waals surface area contributed by atoms with Crippen LogP contribution in [-0.2, 0) is 0 Å². The molecule has 0 fully saturated rings. The number of aryl methyl sites for hydroxylation is 2. The maximum absolute atomic E-state index is 5.39. The fraction of sp³-hybridized carbons (Fsp3) is 0.467. The van der Waals surface area contributed by atoms with Gasteiger partial charge in [0.25, 0.3) is 0 Å². The summed E-state index contributed by atoms with van der Waals surface area (Å²) in [7, 11) is 1.71. The van der Waals surface area contributed by atoms with Crippen molar-refractivity contribution in [2.75, 3.05) is 13.7 Å². The molecule has 2 aromatic rings. The third-order valence-corrected chi connectivity index (χ3v) is 3.86. The molecule has 0 saturated carbocycles. The lowest BCUT2D eigenvalue weighted by Crippen LogP contribution is -2.24. The Labute approximate surface area is 124 Å². The van der Waals surface area contributed by atoms with Crippen LogP contribution in [0, 0.1) is 13.8 Å². The molecule has 1 aromatic carbocycles. The van der Waals surface area contributed by atoms with Crippen LogP contribution in [-0.4, -0.2) is 22.4 Å². The minimum Gasteiger partial charge on any atom is -0.496 e. The number of hydrogen-bond acceptors (Lipinski definition) is 5. The number of methoxy groups -OCH3 is 1. The van der Waals surface area contributed by atoms with Crippen molar-refractivity contribution in [3.05, 3.63) is 40.7 Å². The topological polar surface area (TPSA) is 47.0 Å². The fourth-order valence-corrected chi connectivity index (χ4v) is 2.75. The van der Waals surface area contributed by atoms with E-state index in [2.05, 4.69) is 47.0 Å². The second-order valence-electron chi connectivity index (χ2n) is 4.90. The minimum absolute atomic E-state index is 0.0957. The van der Waals surface area contributed by atoms with Crippen LogP contribution >= 0.6 is 11.7 Å². The molecule has 0 aliphatic heterocycles. The Bertz CT molecular complexity index is 554. The maximum atomic E-state index is 5.39. The van der Waals surface area contributed by atoms with Crippen LogP contribution in [0.4, 0.5) is 0 Å². The van der Waals surface area contributed by atoms with Crippen LogP contribution < -0.4 is 10.1 Å². The predicted molar refractivity (Wildman–Crippen MR) is 82.5 cm³/mol. The summed E-state index contributed by atoms with van der Waals surface area (Å²) in [6.45, 7) is 7.29. The maximum Gasteiger partial charge on any atom is 0.122 e. The van der Waals surface area contributed by atoms with E-state index in [4.69, 9.17) is 4.74 Å². The van der Waals surface area contributed by atoms with Crippen molar-refractivity contribution < 1.29 is 4.74 Å². The van der Waals surface area contributed by atoms with Crippen LogP contribution in [0.3, 0.4) is 0 Å². The van der Waals surface area contributed by atoms with Gasteiger partial charge in [-0.25, -0.2) is 0 Å². The van der Waals surface area contributed by atoms with Crippen molar-refractivity contribution in [3.63, 3.8) is 0 Å². The molecule has 2 rings (SSSR count). The zero-order valence-corrected chi connectivity index (χ0v) is 13.3. The lowest BCUT2D eigenvalue weighted by atomic mass is 9.96. The highest BCUT2D eigenvalue weighted by Crippen LogP contribution is 2.29. The largest absolute Gasteiger partial charge is 0.496 e. The van der Waals surface area contributed by atoms with Gasteiger partial charge in [0.05, 0.1) is 36.8 Å². The molecule has 108 valence electrons. The van der Waals surface area contributed by atoms with Crippen LogP contribution in [0.5, 0.6) is 5.75 Å². The van der Waals surface area contributed by atoms with Gasteiger partial charge in [-0.05, 0) is 49.6 Å². The molecule has 0 spiro atoms. The number of ether oxygens (including phenoxy) is 1. The molecule has 0 amide bonds. The summed E-state index contributed by atoms with van der Waals surface area (Å²) in [5.41, 5.74) is 4.56. The quantitative estimate of drug-likeness (QED) is 0.887. The molecule has 0 aliphatic rings. The standard InChI is InChI=1S/C15H21N3OS/c1-5-6-16-15(13-9-17-20-18-13)12-7-11(3)14(19-4)8-10(12)2/h7-9,15-16H,5-6H2,1-4H3. The highest BCUT2D eigenvalue weighted by molar-refractivity contribution is 6.99. The first kappa shape index (κ1) is 14.9. The van der Waals surface area contributed by atoms with E-state index in [-0.39, 0.29) is 6.04 Å². The summed E-state index contributed by atoms with van der Waals surface area (Å²) in [6.07, 6.45) is 2.93. The molecule has 1 N–H and O–H groups in total. The van der Waals surface area contributed by atoms with E-state index >= 15 is 0 Å². The van der Waals surface area contributed by atoms with Gasteiger partial charge in [-0.2, -0.15) is 8.75 Å². The van der Waals surface area contributed by atoms with Gasteiger partial charge in [0, 0.05) is 0 Å². The molecular formula is C15H21N3OS. The molecule has 1 heterocycles. The number of rotatable bonds is 6. The first-order chi connectivity index (χ1) is 9.67.